The lowest BCUT2D eigenvalue weighted by Crippen LogP contribution is -2.57. The fourth-order valence-electron chi connectivity index (χ4n) is 7.60. The van der Waals surface area contributed by atoms with Crippen LogP contribution in [-0.4, -0.2) is 110 Å². The molecule has 288 valence electrons. The Labute approximate surface area is 307 Å². The summed E-state index contributed by atoms with van der Waals surface area (Å²) in [5.41, 5.74) is 1.21. The third-order valence-corrected chi connectivity index (χ3v) is 13.8. The van der Waals surface area contributed by atoms with Gasteiger partial charge in [0.25, 0.3) is 0 Å². The molecule has 3 fully saturated rings. The lowest BCUT2D eigenvalue weighted by molar-refractivity contribution is -0.135. The van der Waals surface area contributed by atoms with Crippen LogP contribution in [0.15, 0.2) is 42.9 Å². The van der Waals surface area contributed by atoms with Gasteiger partial charge in [-0.1, -0.05) is 62.4 Å². The number of sulfone groups is 1. The molecule has 2 aliphatic carbocycles. The molecule has 52 heavy (non-hydrogen) atoms. The van der Waals surface area contributed by atoms with Crippen LogP contribution in [0.25, 0.3) is 0 Å². The molecule has 1 aliphatic heterocycles. The summed E-state index contributed by atoms with van der Waals surface area (Å²) in [5, 5.41) is 37.9. The van der Waals surface area contributed by atoms with E-state index in [1.54, 1.807) is 30.5 Å². The van der Waals surface area contributed by atoms with Crippen LogP contribution in [-0.2, 0) is 37.1 Å². The summed E-state index contributed by atoms with van der Waals surface area (Å²) < 4.78 is 26.3. The average Bonchev–Trinajstić information content (AvgIpc) is 3.86. The van der Waals surface area contributed by atoms with Crippen LogP contribution in [0.1, 0.15) is 89.3 Å². The number of carbonyl (C=O) groups excluding carboxylic acids is 3. The fraction of sp³-hybridized carbons (Fsp3) is 0.684. The van der Waals surface area contributed by atoms with Gasteiger partial charge in [0, 0.05) is 25.7 Å². The van der Waals surface area contributed by atoms with Crippen LogP contribution in [0.5, 0.6) is 0 Å². The maximum atomic E-state index is 14.2. The summed E-state index contributed by atoms with van der Waals surface area (Å²) in [4.78, 5) is 50.5. The van der Waals surface area contributed by atoms with Crippen molar-refractivity contribution in [2.24, 2.45) is 17.8 Å². The van der Waals surface area contributed by atoms with Gasteiger partial charge in [-0.05, 0) is 69.8 Å². The molecular formula is C38H57N5O8S. The molecule has 2 heterocycles. The summed E-state index contributed by atoms with van der Waals surface area (Å²) in [6.07, 6.45) is 8.48. The Bertz CT molecular complexity index is 1570. The zero-order chi connectivity index (χ0) is 37.5. The van der Waals surface area contributed by atoms with Gasteiger partial charge in [-0.2, -0.15) is 0 Å². The summed E-state index contributed by atoms with van der Waals surface area (Å²) in [6, 6.07) is 7.06. The van der Waals surface area contributed by atoms with Crippen molar-refractivity contribution < 1.29 is 38.1 Å². The second kappa shape index (κ2) is 17.7. The minimum Gasteiger partial charge on any atom is -0.393 e. The monoisotopic (exact) mass is 743 g/mol. The Morgan fingerprint density at radius 1 is 0.942 bits per heavy atom. The number of imidazole rings is 1. The van der Waals surface area contributed by atoms with Crippen LogP contribution in [0.4, 0.5) is 0 Å². The van der Waals surface area contributed by atoms with Gasteiger partial charge in [0.2, 0.25) is 17.7 Å². The normalized spacial score (nSPS) is 20.8. The van der Waals surface area contributed by atoms with E-state index in [2.05, 4.69) is 20.6 Å². The Hall–Kier alpha value is -3.33. The molecule has 5 atom stereocenters. The number of aromatic nitrogens is 2. The molecule has 14 heteroatoms. The first-order valence-electron chi connectivity index (χ1n) is 18.9. The largest absolute Gasteiger partial charge is 0.393 e. The fourth-order valence-corrected chi connectivity index (χ4v) is 9.21. The Morgan fingerprint density at radius 3 is 2.23 bits per heavy atom. The number of piperidine rings is 1. The number of nitrogens with one attached hydrogen (secondary N) is 3. The van der Waals surface area contributed by atoms with E-state index in [9.17, 15) is 38.1 Å². The molecule has 3 aliphatic rings. The molecule has 2 saturated carbocycles. The SMILES string of the molecule is CC(C)(C(=O)N1CCC(O)CC1)S(=O)(=O)C[C@@H](Cc1ccccc1)C(=O)N[C@@H](Cc1c[nH]cn1)C(=O)N[C@@H](CC1CCCCC1)[C@@H](O)[C@@H](O)C1CC1. The van der Waals surface area contributed by atoms with Gasteiger partial charge in [0.1, 0.15) is 16.9 Å². The van der Waals surface area contributed by atoms with Crippen LogP contribution in [0.2, 0.25) is 0 Å². The number of aromatic amines is 1. The van der Waals surface area contributed by atoms with Gasteiger partial charge < -0.3 is 35.8 Å². The van der Waals surface area contributed by atoms with Crippen molar-refractivity contribution in [3.63, 3.8) is 0 Å². The molecule has 13 nitrogen and oxygen atoms in total. The molecule has 5 rings (SSSR count). The van der Waals surface area contributed by atoms with Gasteiger partial charge in [-0.3, -0.25) is 14.4 Å². The number of hydrogen-bond acceptors (Lipinski definition) is 9. The Balaban J connectivity index is 1.37. The van der Waals surface area contributed by atoms with E-state index in [4.69, 9.17) is 0 Å². The van der Waals surface area contributed by atoms with E-state index in [-0.39, 0.29) is 37.8 Å². The maximum Gasteiger partial charge on any atom is 0.243 e. The molecule has 2 aromatic rings. The van der Waals surface area contributed by atoms with Crippen LogP contribution in [0.3, 0.4) is 0 Å². The molecule has 0 radical (unpaired) electrons. The third kappa shape index (κ3) is 10.4. The van der Waals surface area contributed by atoms with E-state index in [1.165, 1.54) is 25.1 Å². The van der Waals surface area contributed by atoms with E-state index in [1.807, 2.05) is 6.07 Å². The number of aliphatic hydroxyl groups excluding tert-OH is 3. The third-order valence-electron chi connectivity index (χ3n) is 11.3. The minimum absolute atomic E-state index is 0.00586. The summed E-state index contributed by atoms with van der Waals surface area (Å²) >= 11 is 0. The van der Waals surface area contributed by atoms with Crippen molar-refractivity contribution in [1.29, 1.82) is 0 Å². The molecular weight excluding hydrogens is 687 g/mol. The van der Waals surface area contributed by atoms with E-state index < -0.39 is 74.4 Å². The second-order valence-corrected chi connectivity index (χ2v) is 18.3. The number of nitrogens with zero attached hydrogens (tertiary/aromatic N) is 2. The predicted octanol–water partition coefficient (Wildman–Crippen LogP) is 2.06. The average molecular weight is 744 g/mol. The molecule has 1 saturated heterocycles. The van der Waals surface area contributed by atoms with Crippen molar-refractivity contribution in [3.8, 4) is 0 Å². The van der Waals surface area contributed by atoms with Crippen molar-refractivity contribution in [1.82, 2.24) is 25.5 Å². The van der Waals surface area contributed by atoms with Crippen LogP contribution < -0.4 is 10.6 Å². The maximum absolute atomic E-state index is 14.2. The van der Waals surface area contributed by atoms with Crippen molar-refractivity contribution in [2.45, 2.75) is 126 Å². The first kappa shape index (κ1) is 39.9. The van der Waals surface area contributed by atoms with Crippen molar-refractivity contribution in [2.75, 3.05) is 18.8 Å². The number of aliphatic hydroxyl groups is 3. The summed E-state index contributed by atoms with van der Waals surface area (Å²) in [6.45, 7) is 3.19. The quantitative estimate of drug-likeness (QED) is 0.140. The highest BCUT2D eigenvalue weighted by Crippen LogP contribution is 2.36. The Morgan fingerprint density at radius 2 is 1.62 bits per heavy atom. The van der Waals surface area contributed by atoms with E-state index in [0.717, 1.165) is 44.9 Å². The highest BCUT2D eigenvalue weighted by Gasteiger charge is 2.47. The molecule has 0 unspecified atom stereocenters. The van der Waals surface area contributed by atoms with Gasteiger partial charge in [-0.15, -0.1) is 0 Å². The van der Waals surface area contributed by atoms with E-state index >= 15 is 0 Å². The lowest BCUT2D eigenvalue weighted by Gasteiger charge is -2.36. The molecule has 0 bridgehead atoms. The summed E-state index contributed by atoms with van der Waals surface area (Å²) in [5.74, 6) is -3.35. The van der Waals surface area contributed by atoms with Crippen molar-refractivity contribution in [3.05, 3.63) is 54.1 Å². The first-order valence-corrected chi connectivity index (χ1v) is 20.6. The van der Waals surface area contributed by atoms with E-state index in [0.29, 0.717) is 30.5 Å². The first-order chi connectivity index (χ1) is 24.7. The highest BCUT2D eigenvalue weighted by molar-refractivity contribution is 7.93. The van der Waals surface area contributed by atoms with Gasteiger partial charge >= 0.3 is 0 Å². The van der Waals surface area contributed by atoms with Crippen molar-refractivity contribution >= 4 is 27.6 Å². The molecule has 0 spiro atoms. The highest BCUT2D eigenvalue weighted by atomic mass is 32.2. The number of H-pyrrole nitrogens is 1. The standard InChI is InChI=1S/C38H57N5O8S/c1-38(2,37(49)43-17-15-30(44)16-18-43)52(50,51)23-28(19-25-9-5-3-6-10-25)35(47)42-32(21-29-22-39-24-40-29)36(48)41-31(20-26-11-7-4-8-12-26)34(46)33(45)27-13-14-27/h3,5-6,9-10,22,24,26-28,30-34,44-46H,4,7-8,11-21,23H2,1-2H3,(H,39,40)(H,41,48)(H,42,47)/t28-,31+,32+,33+,34-/m1/s1. The molecule has 6 N–H and O–H groups in total. The number of hydrogen-bond donors (Lipinski definition) is 6. The second-order valence-electron chi connectivity index (χ2n) is 15.7. The zero-order valence-corrected chi connectivity index (χ0v) is 31.3. The number of amides is 3. The number of likely N-dealkylation sites (tertiary alicyclic amines) is 1. The number of carbonyl (C=O) groups is 3. The lowest BCUT2D eigenvalue weighted by atomic mass is 9.82. The topological polar surface area (TPSA) is 202 Å². The minimum atomic E-state index is -4.24. The molecule has 1 aromatic heterocycles. The van der Waals surface area contributed by atoms with Gasteiger partial charge in [0.05, 0.1) is 41.9 Å². The Kier molecular flexibility index (Phi) is 13.5. The summed E-state index contributed by atoms with van der Waals surface area (Å²) in [7, 11) is -4.24. The number of rotatable bonds is 17. The van der Waals surface area contributed by atoms with Crippen LogP contribution >= 0.6 is 0 Å². The predicted molar refractivity (Wildman–Crippen MR) is 195 cm³/mol. The van der Waals surface area contributed by atoms with Gasteiger partial charge in [-0.25, -0.2) is 13.4 Å². The number of benzene rings is 1. The smallest absolute Gasteiger partial charge is 0.243 e. The zero-order valence-electron chi connectivity index (χ0n) is 30.5. The molecule has 1 aromatic carbocycles. The van der Waals surface area contributed by atoms with Gasteiger partial charge in [0.15, 0.2) is 9.84 Å². The van der Waals surface area contributed by atoms with Crippen LogP contribution in [0, 0.1) is 17.8 Å². The molecule has 3 amide bonds.